The molecular formula is C19H18O5. The molecule has 24 heavy (non-hydrogen) atoms. The third-order valence-electron chi connectivity index (χ3n) is 3.99. The van der Waals surface area contributed by atoms with Gasteiger partial charge in [0.05, 0.1) is 11.1 Å². The van der Waals surface area contributed by atoms with Gasteiger partial charge in [-0.05, 0) is 74.7 Å². The van der Waals surface area contributed by atoms with Gasteiger partial charge in [-0.15, -0.1) is 0 Å². The van der Waals surface area contributed by atoms with Gasteiger partial charge in [-0.25, -0.2) is 9.59 Å². The van der Waals surface area contributed by atoms with Gasteiger partial charge >= 0.3 is 11.9 Å². The van der Waals surface area contributed by atoms with Crippen LogP contribution in [0.15, 0.2) is 42.5 Å². The Bertz CT molecular complexity index is 790. The van der Waals surface area contributed by atoms with Gasteiger partial charge in [-0.1, -0.05) is 0 Å². The Morgan fingerprint density at radius 1 is 1.08 bits per heavy atom. The van der Waals surface area contributed by atoms with Crippen molar-refractivity contribution in [3.8, 4) is 11.5 Å². The fourth-order valence-electron chi connectivity index (χ4n) is 2.62. The molecule has 1 aliphatic rings. The summed E-state index contributed by atoms with van der Waals surface area (Å²) in [5.74, 6) is -0.398. The molecule has 0 radical (unpaired) electrons. The molecule has 0 saturated carbocycles. The van der Waals surface area contributed by atoms with E-state index in [9.17, 15) is 9.59 Å². The number of carbonyl (C=O) groups is 2. The number of aromatic carboxylic acids is 1. The van der Waals surface area contributed by atoms with E-state index in [1.807, 2.05) is 13.8 Å². The summed E-state index contributed by atoms with van der Waals surface area (Å²) < 4.78 is 11.2. The van der Waals surface area contributed by atoms with E-state index >= 15 is 0 Å². The Kier molecular flexibility index (Phi) is 4.01. The first-order valence-electron chi connectivity index (χ1n) is 7.71. The average Bonchev–Trinajstić information content (AvgIpc) is 2.54. The van der Waals surface area contributed by atoms with E-state index in [0.717, 1.165) is 24.2 Å². The Hall–Kier alpha value is -2.82. The number of aryl methyl sites for hydroxylation is 1. The van der Waals surface area contributed by atoms with Crippen LogP contribution in [0, 0.1) is 0 Å². The molecule has 0 saturated heterocycles. The predicted octanol–water partition coefficient (Wildman–Crippen LogP) is 3.71. The summed E-state index contributed by atoms with van der Waals surface area (Å²) in [6, 6.07) is 11.0. The van der Waals surface area contributed by atoms with Gasteiger partial charge in [0.15, 0.2) is 0 Å². The van der Waals surface area contributed by atoms with E-state index in [4.69, 9.17) is 14.6 Å². The van der Waals surface area contributed by atoms with Crippen molar-refractivity contribution < 1.29 is 24.2 Å². The molecular weight excluding hydrogens is 308 g/mol. The van der Waals surface area contributed by atoms with Crippen molar-refractivity contribution in [2.24, 2.45) is 0 Å². The minimum absolute atomic E-state index is 0.142. The van der Waals surface area contributed by atoms with Crippen LogP contribution in [0.5, 0.6) is 11.5 Å². The molecule has 0 amide bonds. The highest BCUT2D eigenvalue weighted by Crippen LogP contribution is 2.33. The molecule has 5 nitrogen and oxygen atoms in total. The maximum Gasteiger partial charge on any atom is 0.343 e. The van der Waals surface area contributed by atoms with Crippen LogP contribution < -0.4 is 9.47 Å². The number of hydrogen-bond donors (Lipinski definition) is 1. The van der Waals surface area contributed by atoms with Crippen LogP contribution in [0.3, 0.4) is 0 Å². The average molecular weight is 326 g/mol. The van der Waals surface area contributed by atoms with Crippen LogP contribution in [0.4, 0.5) is 0 Å². The monoisotopic (exact) mass is 326 g/mol. The molecule has 0 unspecified atom stereocenters. The SMILES string of the molecule is CC1(C)CCc2cc(C(=O)Oc3ccc(C(=O)O)cc3)ccc2O1. The molecule has 0 atom stereocenters. The molecule has 1 aliphatic heterocycles. The lowest BCUT2D eigenvalue weighted by Gasteiger charge is -2.32. The molecule has 5 heteroatoms. The summed E-state index contributed by atoms with van der Waals surface area (Å²) in [6.45, 7) is 4.08. The van der Waals surface area contributed by atoms with Crippen LogP contribution in [0.2, 0.25) is 0 Å². The Morgan fingerprint density at radius 3 is 2.42 bits per heavy atom. The van der Waals surface area contributed by atoms with Gasteiger partial charge < -0.3 is 14.6 Å². The molecule has 1 heterocycles. The molecule has 1 N–H and O–H groups in total. The maximum absolute atomic E-state index is 12.3. The predicted molar refractivity (Wildman–Crippen MR) is 87.8 cm³/mol. The van der Waals surface area contributed by atoms with Crippen molar-refractivity contribution >= 4 is 11.9 Å². The number of rotatable bonds is 3. The minimum atomic E-state index is -1.02. The van der Waals surface area contributed by atoms with Gasteiger partial charge in [-0.2, -0.15) is 0 Å². The number of carbonyl (C=O) groups excluding carboxylic acids is 1. The standard InChI is InChI=1S/C19H18O5/c1-19(2)10-9-13-11-14(5-8-16(13)24-19)18(22)23-15-6-3-12(4-7-15)17(20)21/h3-8,11H,9-10H2,1-2H3,(H,20,21). The van der Waals surface area contributed by atoms with Crippen molar-refractivity contribution in [1.29, 1.82) is 0 Å². The normalized spacial score (nSPS) is 15.1. The van der Waals surface area contributed by atoms with Crippen molar-refractivity contribution in [3.63, 3.8) is 0 Å². The molecule has 0 aliphatic carbocycles. The second kappa shape index (κ2) is 6.00. The zero-order valence-corrected chi connectivity index (χ0v) is 13.5. The number of hydrogen-bond acceptors (Lipinski definition) is 4. The molecule has 2 aromatic rings. The van der Waals surface area contributed by atoms with Crippen molar-refractivity contribution in [2.45, 2.75) is 32.3 Å². The molecule has 0 spiro atoms. The maximum atomic E-state index is 12.3. The quantitative estimate of drug-likeness (QED) is 0.687. The lowest BCUT2D eigenvalue weighted by atomic mass is 9.93. The third-order valence-corrected chi connectivity index (χ3v) is 3.99. The minimum Gasteiger partial charge on any atom is -0.488 e. The zero-order valence-electron chi connectivity index (χ0n) is 13.5. The van der Waals surface area contributed by atoms with Gasteiger partial charge in [0.25, 0.3) is 0 Å². The van der Waals surface area contributed by atoms with Crippen LogP contribution in [0.1, 0.15) is 46.5 Å². The van der Waals surface area contributed by atoms with Gasteiger partial charge in [0.2, 0.25) is 0 Å². The Morgan fingerprint density at radius 2 is 1.75 bits per heavy atom. The van der Waals surface area contributed by atoms with E-state index in [-0.39, 0.29) is 11.2 Å². The number of ether oxygens (including phenoxy) is 2. The van der Waals surface area contributed by atoms with Crippen molar-refractivity contribution in [2.75, 3.05) is 0 Å². The second-order valence-electron chi connectivity index (χ2n) is 6.40. The van der Waals surface area contributed by atoms with Gasteiger partial charge in [0.1, 0.15) is 17.1 Å². The first kappa shape index (κ1) is 16.1. The molecule has 124 valence electrons. The van der Waals surface area contributed by atoms with Crippen molar-refractivity contribution in [3.05, 3.63) is 59.2 Å². The molecule has 2 aromatic carbocycles. The summed E-state index contributed by atoms with van der Waals surface area (Å²) in [6.07, 6.45) is 1.73. The topological polar surface area (TPSA) is 72.8 Å². The summed E-state index contributed by atoms with van der Waals surface area (Å²) in [5.41, 5.74) is 1.38. The molecule has 3 rings (SSSR count). The number of esters is 1. The Balaban J connectivity index is 1.75. The fraction of sp³-hybridized carbons (Fsp3) is 0.263. The number of carboxylic acid groups (broad SMARTS) is 1. The summed E-state index contributed by atoms with van der Waals surface area (Å²) >= 11 is 0. The van der Waals surface area contributed by atoms with E-state index in [2.05, 4.69) is 0 Å². The van der Waals surface area contributed by atoms with E-state index in [1.54, 1.807) is 18.2 Å². The lowest BCUT2D eigenvalue weighted by Crippen LogP contribution is -2.32. The second-order valence-corrected chi connectivity index (χ2v) is 6.40. The van der Waals surface area contributed by atoms with E-state index < -0.39 is 11.9 Å². The summed E-state index contributed by atoms with van der Waals surface area (Å²) in [4.78, 5) is 23.1. The number of benzene rings is 2. The van der Waals surface area contributed by atoms with E-state index in [0.29, 0.717) is 11.3 Å². The molecule has 0 aromatic heterocycles. The number of carboxylic acids is 1. The van der Waals surface area contributed by atoms with Crippen LogP contribution in [-0.4, -0.2) is 22.6 Å². The number of fused-ring (bicyclic) bond motifs is 1. The van der Waals surface area contributed by atoms with Crippen LogP contribution in [0.25, 0.3) is 0 Å². The molecule has 0 fully saturated rings. The molecule has 0 bridgehead atoms. The first-order chi connectivity index (χ1) is 11.3. The van der Waals surface area contributed by atoms with Gasteiger partial charge in [0, 0.05) is 0 Å². The first-order valence-corrected chi connectivity index (χ1v) is 7.71. The van der Waals surface area contributed by atoms with Crippen molar-refractivity contribution in [1.82, 2.24) is 0 Å². The lowest BCUT2D eigenvalue weighted by molar-refractivity contribution is 0.0696. The highest BCUT2D eigenvalue weighted by atomic mass is 16.5. The van der Waals surface area contributed by atoms with Crippen LogP contribution >= 0.6 is 0 Å². The summed E-state index contributed by atoms with van der Waals surface area (Å²) in [5, 5.41) is 8.87. The largest absolute Gasteiger partial charge is 0.488 e. The Labute approximate surface area is 139 Å². The highest BCUT2D eigenvalue weighted by molar-refractivity contribution is 5.92. The smallest absolute Gasteiger partial charge is 0.343 e. The zero-order chi connectivity index (χ0) is 17.3. The summed E-state index contributed by atoms with van der Waals surface area (Å²) in [7, 11) is 0. The third kappa shape index (κ3) is 3.40. The fourth-order valence-corrected chi connectivity index (χ4v) is 2.62. The van der Waals surface area contributed by atoms with Gasteiger partial charge in [-0.3, -0.25) is 0 Å². The highest BCUT2D eigenvalue weighted by Gasteiger charge is 2.27. The van der Waals surface area contributed by atoms with Crippen LogP contribution in [-0.2, 0) is 6.42 Å². The van der Waals surface area contributed by atoms with E-state index in [1.165, 1.54) is 24.3 Å².